The molecule has 2 N–H and O–H groups in total. The fourth-order valence-electron chi connectivity index (χ4n) is 2.50. The summed E-state index contributed by atoms with van der Waals surface area (Å²) < 4.78 is 1.28. The second-order valence-electron chi connectivity index (χ2n) is 5.59. The summed E-state index contributed by atoms with van der Waals surface area (Å²) in [5.41, 5.74) is 10.4. The maximum Gasteiger partial charge on any atom is 0.0212 e. The topological polar surface area (TPSA) is 26.0 Å². The van der Waals surface area contributed by atoms with Gasteiger partial charge < -0.3 is 5.73 Å². The SMILES string of the molecule is CC(C)(N)Cc1cc(Br)c2c(c1)CCCC2. The van der Waals surface area contributed by atoms with E-state index in [1.165, 1.54) is 46.8 Å². The van der Waals surface area contributed by atoms with E-state index in [1.54, 1.807) is 0 Å². The number of rotatable bonds is 2. The van der Waals surface area contributed by atoms with Crippen LogP contribution in [0.15, 0.2) is 16.6 Å². The highest BCUT2D eigenvalue weighted by Crippen LogP contribution is 2.30. The van der Waals surface area contributed by atoms with Crippen LogP contribution >= 0.6 is 15.9 Å². The highest BCUT2D eigenvalue weighted by molar-refractivity contribution is 9.10. The molecule has 2 heteroatoms. The molecule has 0 atom stereocenters. The van der Waals surface area contributed by atoms with Gasteiger partial charge in [-0.15, -0.1) is 0 Å². The molecule has 0 unspecified atom stereocenters. The minimum absolute atomic E-state index is 0.123. The second kappa shape index (κ2) is 4.50. The van der Waals surface area contributed by atoms with E-state index in [0.717, 1.165) is 6.42 Å². The van der Waals surface area contributed by atoms with Gasteiger partial charge in [0, 0.05) is 10.0 Å². The standard InChI is InChI=1S/C14H20BrN/c1-14(2,16)9-10-7-11-5-3-4-6-12(11)13(15)8-10/h7-8H,3-6,9,16H2,1-2H3. The zero-order valence-corrected chi connectivity index (χ0v) is 11.7. The Morgan fingerprint density at radius 3 is 2.62 bits per heavy atom. The van der Waals surface area contributed by atoms with Gasteiger partial charge in [0.15, 0.2) is 0 Å². The Kier molecular flexibility index (Phi) is 3.41. The van der Waals surface area contributed by atoms with Crippen molar-refractivity contribution in [3.8, 4) is 0 Å². The highest BCUT2D eigenvalue weighted by Gasteiger charge is 2.17. The zero-order valence-electron chi connectivity index (χ0n) is 10.1. The molecular formula is C14H20BrN. The fourth-order valence-corrected chi connectivity index (χ4v) is 3.25. The molecule has 0 aliphatic heterocycles. The van der Waals surface area contributed by atoms with Gasteiger partial charge in [-0.25, -0.2) is 0 Å². The van der Waals surface area contributed by atoms with Gasteiger partial charge in [0.25, 0.3) is 0 Å². The second-order valence-corrected chi connectivity index (χ2v) is 6.44. The lowest BCUT2D eigenvalue weighted by Gasteiger charge is -2.22. The predicted molar refractivity (Wildman–Crippen MR) is 72.8 cm³/mol. The molecule has 1 aliphatic rings. The lowest BCUT2D eigenvalue weighted by Crippen LogP contribution is -2.34. The van der Waals surface area contributed by atoms with Crippen molar-refractivity contribution in [3.63, 3.8) is 0 Å². The molecule has 0 radical (unpaired) electrons. The van der Waals surface area contributed by atoms with Crippen LogP contribution < -0.4 is 5.73 Å². The Balaban J connectivity index is 2.32. The third-order valence-corrected chi connectivity index (χ3v) is 3.84. The molecule has 1 aliphatic carbocycles. The molecule has 0 spiro atoms. The maximum atomic E-state index is 6.08. The molecule has 0 heterocycles. The van der Waals surface area contributed by atoms with Gasteiger partial charge in [-0.2, -0.15) is 0 Å². The molecule has 0 amide bonds. The van der Waals surface area contributed by atoms with E-state index >= 15 is 0 Å². The first kappa shape index (κ1) is 12.1. The van der Waals surface area contributed by atoms with Crippen LogP contribution in [0.25, 0.3) is 0 Å². The van der Waals surface area contributed by atoms with Crippen molar-refractivity contribution in [1.82, 2.24) is 0 Å². The van der Waals surface area contributed by atoms with E-state index in [-0.39, 0.29) is 5.54 Å². The third-order valence-electron chi connectivity index (χ3n) is 3.13. The van der Waals surface area contributed by atoms with E-state index in [1.807, 2.05) is 0 Å². The maximum absolute atomic E-state index is 6.08. The molecule has 0 bridgehead atoms. The van der Waals surface area contributed by atoms with Gasteiger partial charge in [0.1, 0.15) is 0 Å². The van der Waals surface area contributed by atoms with Crippen molar-refractivity contribution >= 4 is 15.9 Å². The van der Waals surface area contributed by atoms with Gasteiger partial charge in [-0.3, -0.25) is 0 Å². The summed E-state index contributed by atoms with van der Waals surface area (Å²) in [6.45, 7) is 4.17. The Morgan fingerprint density at radius 2 is 1.94 bits per heavy atom. The lowest BCUT2D eigenvalue weighted by molar-refractivity contribution is 0.516. The van der Waals surface area contributed by atoms with E-state index in [4.69, 9.17) is 5.73 Å². The van der Waals surface area contributed by atoms with Crippen LogP contribution in [0.4, 0.5) is 0 Å². The smallest absolute Gasteiger partial charge is 0.0212 e. The minimum atomic E-state index is -0.123. The molecule has 1 aromatic carbocycles. The summed E-state index contributed by atoms with van der Waals surface area (Å²) >= 11 is 3.70. The van der Waals surface area contributed by atoms with Gasteiger partial charge in [-0.1, -0.05) is 22.0 Å². The first-order valence-corrected chi connectivity index (χ1v) is 6.84. The predicted octanol–water partition coefficient (Wildman–Crippen LogP) is 3.61. The Hall–Kier alpha value is -0.340. The average Bonchev–Trinajstić information content (AvgIpc) is 2.15. The lowest BCUT2D eigenvalue weighted by atomic mass is 9.87. The number of hydrogen-bond acceptors (Lipinski definition) is 1. The van der Waals surface area contributed by atoms with E-state index in [0.29, 0.717) is 0 Å². The Bertz CT molecular complexity index is 390. The quantitative estimate of drug-likeness (QED) is 0.881. The number of fused-ring (bicyclic) bond motifs is 1. The summed E-state index contributed by atoms with van der Waals surface area (Å²) in [7, 11) is 0. The molecular weight excluding hydrogens is 262 g/mol. The molecule has 1 nitrogen and oxygen atoms in total. The van der Waals surface area contributed by atoms with Crippen molar-refractivity contribution in [3.05, 3.63) is 33.3 Å². The normalized spacial score (nSPS) is 16.0. The highest BCUT2D eigenvalue weighted by atomic mass is 79.9. The molecule has 0 fully saturated rings. The number of halogens is 1. The largest absolute Gasteiger partial charge is 0.325 e. The first-order valence-electron chi connectivity index (χ1n) is 6.05. The van der Waals surface area contributed by atoms with Gasteiger partial charge in [-0.05, 0) is 68.7 Å². The number of hydrogen-bond donors (Lipinski definition) is 1. The third kappa shape index (κ3) is 2.86. The summed E-state index contributed by atoms with van der Waals surface area (Å²) in [6, 6.07) is 4.60. The van der Waals surface area contributed by atoms with Gasteiger partial charge in [0.2, 0.25) is 0 Å². The Morgan fingerprint density at radius 1 is 1.25 bits per heavy atom. The van der Waals surface area contributed by atoms with E-state index in [2.05, 4.69) is 41.9 Å². The molecule has 0 saturated heterocycles. The van der Waals surface area contributed by atoms with E-state index in [9.17, 15) is 0 Å². The fraction of sp³-hybridized carbons (Fsp3) is 0.571. The molecule has 16 heavy (non-hydrogen) atoms. The molecule has 2 rings (SSSR count). The van der Waals surface area contributed by atoms with Crippen molar-refractivity contribution in [2.45, 2.75) is 51.5 Å². The monoisotopic (exact) mass is 281 g/mol. The summed E-state index contributed by atoms with van der Waals surface area (Å²) in [5.74, 6) is 0. The number of aryl methyl sites for hydroxylation is 1. The number of benzene rings is 1. The molecule has 0 saturated carbocycles. The van der Waals surface area contributed by atoms with Crippen molar-refractivity contribution < 1.29 is 0 Å². The van der Waals surface area contributed by atoms with Crippen LogP contribution in [-0.2, 0) is 19.3 Å². The average molecular weight is 282 g/mol. The van der Waals surface area contributed by atoms with Crippen LogP contribution in [-0.4, -0.2) is 5.54 Å². The molecule has 0 aromatic heterocycles. The van der Waals surface area contributed by atoms with E-state index < -0.39 is 0 Å². The first-order chi connectivity index (χ1) is 7.46. The van der Waals surface area contributed by atoms with Crippen molar-refractivity contribution in [1.29, 1.82) is 0 Å². The van der Waals surface area contributed by atoms with Crippen LogP contribution in [0.1, 0.15) is 43.4 Å². The van der Waals surface area contributed by atoms with Gasteiger partial charge in [0.05, 0.1) is 0 Å². The van der Waals surface area contributed by atoms with Crippen LogP contribution in [0.5, 0.6) is 0 Å². The van der Waals surface area contributed by atoms with Crippen molar-refractivity contribution in [2.75, 3.05) is 0 Å². The van der Waals surface area contributed by atoms with Gasteiger partial charge >= 0.3 is 0 Å². The summed E-state index contributed by atoms with van der Waals surface area (Å²) in [6.07, 6.45) is 6.05. The Labute approximate surface area is 107 Å². The van der Waals surface area contributed by atoms with Crippen LogP contribution in [0, 0.1) is 0 Å². The summed E-state index contributed by atoms with van der Waals surface area (Å²) in [4.78, 5) is 0. The minimum Gasteiger partial charge on any atom is -0.325 e. The summed E-state index contributed by atoms with van der Waals surface area (Å²) in [5, 5.41) is 0. The number of nitrogens with two attached hydrogens (primary N) is 1. The zero-order chi connectivity index (χ0) is 11.8. The molecule has 88 valence electrons. The van der Waals surface area contributed by atoms with Crippen molar-refractivity contribution in [2.24, 2.45) is 5.73 Å². The van der Waals surface area contributed by atoms with Crippen LogP contribution in [0.2, 0.25) is 0 Å². The van der Waals surface area contributed by atoms with Crippen LogP contribution in [0.3, 0.4) is 0 Å². The molecule has 1 aromatic rings.